The molecule has 0 aliphatic rings. The maximum Gasteiger partial charge on any atom is 0.181 e. The number of hydrogen-bond acceptors (Lipinski definition) is 4. The molecular formula is C5H8N4O. The molecule has 0 saturated heterocycles. The van der Waals surface area contributed by atoms with Crippen molar-refractivity contribution in [2.75, 3.05) is 12.8 Å². The van der Waals surface area contributed by atoms with Crippen LogP contribution in [0.5, 0.6) is 0 Å². The number of anilines is 1. The largest absolute Gasteiger partial charge is 0.427 e. The first-order valence-electron chi connectivity index (χ1n) is 2.70. The molecule has 0 fully saturated rings. The smallest absolute Gasteiger partial charge is 0.181 e. The highest BCUT2D eigenvalue weighted by Crippen LogP contribution is 1.85. The molecule has 0 spiro atoms. The quantitative estimate of drug-likeness (QED) is 0.465. The van der Waals surface area contributed by atoms with Crippen molar-refractivity contribution in [2.45, 2.75) is 0 Å². The van der Waals surface area contributed by atoms with Crippen molar-refractivity contribution in [2.24, 2.45) is 4.99 Å². The van der Waals surface area contributed by atoms with Crippen molar-refractivity contribution >= 4 is 5.82 Å². The predicted molar refractivity (Wildman–Crippen MR) is 35.3 cm³/mol. The molecule has 0 saturated carbocycles. The Balaban J connectivity index is 3.34. The van der Waals surface area contributed by atoms with Crippen LogP contribution in [0.1, 0.15) is 0 Å². The van der Waals surface area contributed by atoms with Gasteiger partial charge in [0, 0.05) is 7.05 Å². The Morgan fingerprint density at radius 1 is 1.80 bits per heavy atom. The van der Waals surface area contributed by atoms with Crippen molar-refractivity contribution < 1.29 is 5.21 Å². The van der Waals surface area contributed by atoms with Gasteiger partial charge in [0.2, 0.25) is 0 Å². The number of aromatic nitrogens is 2. The minimum Gasteiger partial charge on any atom is -0.427 e. The first kappa shape index (κ1) is 6.60. The summed E-state index contributed by atoms with van der Waals surface area (Å²) in [5.74, 6) is 0.259. The highest BCUT2D eigenvalue weighted by atomic mass is 16.5. The summed E-state index contributed by atoms with van der Waals surface area (Å²) in [6, 6.07) is 0. The monoisotopic (exact) mass is 140 g/mol. The Morgan fingerprint density at radius 2 is 2.50 bits per heavy atom. The molecule has 0 aliphatic heterocycles. The minimum absolute atomic E-state index is 0.259. The first-order valence-corrected chi connectivity index (χ1v) is 2.70. The standard InChI is InChI=1S/C5H8N4O/c1-7-5-2-8-4(6)3-9(5)10/h2-3,10H,6H2,1H3. The zero-order valence-corrected chi connectivity index (χ0v) is 5.52. The number of nitrogen functional groups attached to an aromatic ring is 1. The molecule has 1 aromatic rings. The van der Waals surface area contributed by atoms with Gasteiger partial charge < -0.3 is 10.9 Å². The summed E-state index contributed by atoms with van der Waals surface area (Å²) in [6.45, 7) is 0. The summed E-state index contributed by atoms with van der Waals surface area (Å²) in [5.41, 5.74) is 5.62. The average Bonchev–Trinajstić information content (AvgIpc) is 1.88. The summed E-state index contributed by atoms with van der Waals surface area (Å²) >= 11 is 0. The van der Waals surface area contributed by atoms with Crippen molar-refractivity contribution in [3.63, 3.8) is 0 Å². The summed E-state index contributed by atoms with van der Waals surface area (Å²) in [7, 11) is 1.56. The first-order chi connectivity index (χ1) is 4.74. The van der Waals surface area contributed by atoms with Crippen LogP contribution in [0, 0.1) is 0 Å². The van der Waals surface area contributed by atoms with E-state index in [1.807, 2.05) is 0 Å². The van der Waals surface area contributed by atoms with Gasteiger partial charge in [-0.05, 0) is 0 Å². The Labute approximate surface area is 57.4 Å². The van der Waals surface area contributed by atoms with E-state index in [1.54, 1.807) is 7.05 Å². The molecule has 0 amide bonds. The van der Waals surface area contributed by atoms with Crippen molar-refractivity contribution in [1.29, 1.82) is 0 Å². The highest BCUT2D eigenvalue weighted by molar-refractivity contribution is 5.20. The summed E-state index contributed by atoms with van der Waals surface area (Å²) in [4.78, 5) is 7.42. The van der Waals surface area contributed by atoms with Gasteiger partial charge in [0.25, 0.3) is 0 Å². The fourth-order valence-corrected chi connectivity index (χ4v) is 0.576. The van der Waals surface area contributed by atoms with Gasteiger partial charge in [-0.3, -0.25) is 4.99 Å². The molecule has 1 rings (SSSR count). The summed E-state index contributed by atoms with van der Waals surface area (Å²) in [5, 5.41) is 8.99. The zero-order valence-electron chi connectivity index (χ0n) is 5.52. The molecule has 10 heavy (non-hydrogen) atoms. The van der Waals surface area contributed by atoms with Gasteiger partial charge in [-0.1, -0.05) is 0 Å². The van der Waals surface area contributed by atoms with Crippen LogP contribution in [0.25, 0.3) is 0 Å². The van der Waals surface area contributed by atoms with Gasteiger partial charge >= 0.3 is 0 Å². The van der Waals surface area contributed by atoms with Gasteiger partial charge in [0.1, 0.15) is 5.82 Å². The third kappa shape index (κ3) is 1.07. The molecule has 3 N–H and O–H groups in total. The van der Waals surface area contributed by atoms with Crippen molar-refractivity contribution in [3.05, 3.63) is 17.9 Å². The van der Waals surface area contributed by atoms with Gasteiger partial charge in [-0.2, -0.15) is 4.73 Å². The van der Waals surface area contributed by atoms with E-state index in [0.717, 1.165) is 4.73 Å². The lowest BCUT2D eigenvalue weighted by Crippen LogP contribution is -2.19. The van der Waals surface area contributed by atoms with E-state index >= 15 is 0 Å². The third-order valence-electron chi connectivity index (χ3n) is 1.05. The second-order valence-corrected chi connectivity index (χ2v) is 1.74. The molecule has 0 aromatic carbocycles. The molecule has 0 radical (unpaired) electrons. The van der Waals surface area contributed by atoms with Crippen molar-refractivity contribution in [1.82, 2.24) is 9.71 Å². The van der Waals surface area contributed by atoms with E-state index in [1.165, 1.54) is 12.4 Å². The van der Waals surface area contributed by atoms with Crippen LogP contribution < -0.4 is 11.2 Å². The molecule has 5 nitrogen and oxygen atoms in total. The van der Waals surface area contributed by atoms with Crippen LogP contribution in [0.3, 0.4) is 0 Å². The molecular weight excluding hydrogens is 132 g/mol. The average molecular weight is 140 g/mol. The second kappa shape index (κ2) is 2.38. The van der Waals surface area contributed by atoms with Crippen LogP contribution in [0.2, 0.25) is 0 Å². The maximum atomic E-state index is 8.99. The SMILES string of the molecule is CN=c1cnc(N)cn1O. The van der Waals surface area contributed by atoms with Crippen LogP contribution in [-0.4, -0.2) is 22.0 Å². The molecule has 1 aromatic heterocycles. The lowest BCUT2D eigenvalue weighted by atomic mass is 10.7. The number of nitrogens with zero attached hydrogens (tertiary/aromatic N) is 3. The van der Waals surface area contributed by atoms with E-state index in [4.69, 9.17) is 10.9 Å². The molecule has 5 heteroatoms. The third-order valence-corrected chi connectivity index (χ3v) is 1.05. The topological polar surface area (TPSA) is 76.4 Å². The Kier molecular flexibility index (Phi) is 1.57. The lowest BCUT2D eigenvalue weighted by Gasteiger charge is -1.96. The van der Waals surface area contributed by atoms with Crippen LogP contribution in [0.4, 0.5) is 5.82 Å². The minimum atomic E-state index is 0.259. The highest BCUT2D eigenvalue weighted by Gasteiger charge is 1.89. The van der Waals surface area contributed by atoms with Crippen LogP contribution >= 0.6 is 0 Å². The van der Waals surface area contributed by atoms with Crippen molar-refractivity contribution in [3.8, 4) is 0 Å². The zero-order chi connectivity index (χ0) is 7.56. The second-order valence-electron chi connectivity index (χ2n) is 1.74. The Bertz CT molecular complexity index is 290. The summed E-state index contributed by atoms with van der Waals surface area (Å²) in [6.07, 6.45) is 2.66. The van der Waals surface area contributed by atoms with E-state index < -0.39 is 0 Å². The van der Waals surface area contributed by atoms with Gasteiger partial charge in [0.15, 0.2) is 5.49 Å². The molecule has 0 atom stereocenters. The molecule has 0 bridgehead atoms. The molecule has 1 heterocycles. The van der Waals surface area contributed by atoms with Crippen LogP contribution in [0.15, 0.2) is 17.4 Å². The fourth-order valence-electron chi connectivity index (χ4n) is 0.576. The van der Waals surface area contributed by atoms with E-state index in [9.17, 15) is 0 Å². The van der Waals surface area contributed by atoms with E-state index in [0.29, 0.717) is 5.49 Å². The number of nitrogens with two attached hydrogens (primary N) is 1. The lowest BCUT2D eigenvalue weighted by molar-refractivity contribution is 0.171. The molecule has 54 valence electrons. The van der Waals surface area contributed by atoms with E-state index in [-0.39, 0.29) is 5.82 Å². The van der Waals surface area contributed by atoms with Gasteiger partial charge in [-0.15, -0.1) is 0 Å². The van der Waals surface area contributed by atoms with Crippen LogP contribution in [-0.2, 0) is 0 Å². The normalized spacial score (nSPS) is 11.9. The fraction of sp³-hybridized carbons (Fsp3) is 0.200. The molecule has 0 unspecified atom stereocenters. The van der Waals surface area contributed by atoms with Gasteiger partial charge in [0.05, 0.1) is 12.4 Å². The number of hydrogen-bond donors (Lipinski definition) is 2. The van der Waals surface area contributed by atoms with Gasteiger partial charge in [-0.25, -0.2) is 4.98 Å². The van der Waals surface area contributed by atoms with E-state index in [2.05, 4.69) is 9.98 Å². The number of rotatable bonds is 0. The Morgan fingerprint density at radius 3 is 3.00 bits per heavy atom. The Hall–Kier alpha value is -1.52. The predicted octanol–water partition coefficient (Wildman–Crippen LogP) is -0.767. The summed E-state index contributed by atoms with van der Waals surface area (Å²) < 4.78 is 0.822. The molecule has 0 aliphatic carbocycles. The maximum absolute atomic E-state index is 8.99.